The van der Waals surface area contributed by atoms with Gasteiger partial charge >= 0.3 is 0 Å². The molecule has 2 saturated heterocycles. The van der Waals surface area contributed by atoms with Crippen LogP contribution in [0, 0.1) is 0 Å². The van der Waals surface area contributed by atoms with Gasteiger partial charge in [0, 0.05) is 26.2 Å². The zero-order chi connectivity index (χ0) is 13.0. The zero-order valence-electron chi connectivity index (χ0n) is 11.4. The summed E-state index contributed by atoms with van der Waals surface area (Å²) in [5.74, 6) is 0.115. The highest BCUT2D eigenvalue weighted by Gasteiger charge is 2.25. The van der Waals surface area contributed by atoms with Gasteiger partial charge in [0.2, 0.25) is 0 Å². The van der Waals surface area contributed by atoms with Gasteiger partial charge in [-0.25, -0.2) is 0 Å². The second-order valence-electron chi connectivity index (χ2n) is 5.23. The lowest BCUT2D eigenvalue weighted by molar-refractivity contribution is -0.146. The Kier molecular flexibility index (Phi) is 4.97. The lowest BCUT2D eigenvalue weighted by atomic mass is 10.2. The molecule has 0 saturated carbocycles. The predicted molar refractivity (Wildman–Crippen MR) is 68.4 cm³/mol. The van der Waals surface area contributed by atoms with Crippen molar-refractivity contribution in [3.8, 4) is 0 Å². The molecule has 2 aliphatic rings. The normalized spacial score (nSPS) is 30.4. The van der Waals surface area contributed by atoms with Gasteiger partial charge in [0.25, 0.3) is 5.91 Å². The molecule has 0 radical (unpaired) electrons. The molecule has 104 valence electrons. The van der Waals surface area contributed by atoms with Crippen LogP contribution in [0.2, 0.25) is 0 Å². The molecule has 3 atom stereocenters. The molecule has 5 heteroatoms. The number of ether oxygens (including phenoxy) is 2. The summed E-state index contributed by atoms with van der Waals surface area (Å²) in [6, 6.07) is 0. The molecule has 18 heavy (non-hydrogen) atoms. The molecule has 0 aromatic heterocycles. The fraction of sp³-hybridized carbons (Fsp3) is 0.923. The van der Waals surface area contributed by atoms with Crippen molar-refractivity contribution in [2.45, 2.75) is 45.0 Å². The van der Waals surface area contributed by atoms with Gasteiger partial charge < -0.3 is 19.7 Å². The lowest BCUT2D eigenvalue weighted by Gasteiger charge is -2.29. The van der Waals surface area contributed by atoms with Crippen molar-refractivity contribution < 1.29 is 14.3 Å². The predicted octanol–water partition coefficient (Wildman–Crippen LogP) is 0.391. The van der Waals surface area contributed by atoms with E-state index in [0.717, 1.165) is 39.0 Å². The molecule has 0 aromatic carbocycles. The van der Waals surface area contributed by atoms with Crippen LogP contribution in [0.25, 0.3) is 0 Å². The Labute approximate surface area is 109 Å². The molecule has 0 aliphatic carbocycles. The van der Waals surface area contributed by atoms with Crippen LogP contribution in [0.15, 0.2) is 0 Å². The quantitative estimate of drug-likeness (QED) is 0.790. The smallest absolute Gasteiger partial charge is 0.251 e. The van der Waals surface area contributed by atoms with E-state index in [4.69, 9.17) is 9.47 Å². The molecule has 0 spiro atoms. The molecule has 2 aliphatic heterocycles. The van der Waals surface area contributed by atoms with Crippen molar-refractivity contribution in [3.63, 3.8) is 0 Å². The van der Waals surface area contributed by atoms with Gasteiger partial charge in [-0.05, 0) is 26.7 Å². The summed E-state index contributed by atoms with van der Waals surface area (Å²) in [5.41, 5.74) is 0. The maximum atomic E-state index is 12.0. The van der Waals surface area contributed by atoms with E-state index in [2.05, 4.69) is 5.32 Å². The Morgan fingerprint density at radius 1 is 1.44 bits per heavy atom. The number of rotatable bonds is 4. The maximum Gasteiger partial charge on any atom is 0.251 e. The van der Waals surface area contributed by atoms with Crippen LogP contribution in [-0.2, 0) is 14.3 Å². The highest BCUT2D eigenvalue weighted by Crippen LogP contribution is 2.11. The minimum Gasteiger partial charge on any atom is -0.370 e. The van der Waals surface area contributed by atoms with Crippen LogP contribution < -0.4 is 5.32 Å². The average molecular weight is 256 g/mol. The molecule has 2 rings (SSSR count). The van der Waals surface area contributed by atoms with Crippen molar-refractivity contribution in [2.75, 3.05) is 32.8 Å². The van der Waals surface area contributed by atoms with E-state index in [1.807, 2.05) is 18.7 Å². The van der Waals surface area contributed by atoms with Crippen molar-refractivity contribution in [1.82, 2.24) is 10.2 Å². The van der Waals surface area contributed by atoms with Crippen molar-refractivity contribution in [3.05, 3.63) is 0 Å². The standard InChI is InChI=1S/C13H24N2O3/c1-10-7-14-8-12(18-10)9-17-11(2)13(16)15-5-3-4-6-15/h10-12,14H,3-9H2,1-2H3. The van der Waals surface area contributed by atoms with Gasteiger partial charge in [0.15, 0.2) is 0 Å². The number of morpholine rings is 1. The van der Waals surface area contributed by atoms with Gasteiger partial charge in [-0.15, -0.1) is 0 Å². The highest BCUT2D eigenvalue weighted by atomic mass is 16.5. The monoisotopic (exact) mass is 256 g/mol. The molecule has 3 unspecified atom stereocenters. The van der Waals surface area contributed by atoms with E-state index >= 15 is 0 Å². The number of likely N-dealkylation sites (tertiary alicyclic amines) is 1. The summed E-state index contributed by atoms with van der Waals surface area (Å²) in [5, 5.41) is 3.29. The fourth-order valence-electron chi connectivity index (χ4n) is 2.49. The van der Waals surface area contributed by atoms with Crippen LogP contribution in [0.5, 0.6) is 0 Å². The number of hydrogen-bond acceptors (Lipinski definition) is 4. The Morgan fingerprint density at radius 2 is 2.17 bits per heavy atom. The molecule has 5 nitrogen and oxygen atoms in total. The van der Waals surface area contributed by atoms with Crippen LogP contribution in [0.3, 0.4) is 0 Å². The summed E-state index contributed by atoms with van der Waals surface area (Å²) in [6.45, 7) is 7.81. The van der Waals surface area contributed by atoms with Crippen LogP contribution in [0.1, 0.15) is 26.7 Å². The lowest BCUT2D eigenvalue weighted by Crippen LogP contribution is -2.46. The molecule has 2 heterocycles. The van der Waals surface area contributed by atoms with Gasteiger partial charge in [-0.2, -0.15) is 0 Å². The Hall–Kier alpha value is -0.650. The van der Waals surface area contributed by atoms with Gasteiger partial charge in [-0.3, -0.25) is 4.79 Å². The summed E-state index contributed by atoms with van der Waals surface area (Å²) in [7, 11) is 0. The minimum absolute atomic E-state index is 0.0579. The summed E-state index contributed by atoms with van der Waals surface area (Å²) in [6.07, 6.45) is 2.15. The maximum absolute atomic E-state index is 12.0. The molecule has 0 aromatic rings. The highest BCUT2D eigenvalue weighted by molar-refractivity contribution is 5.80. The number of carbonyl (C=O) groups excluding carboxylic acids is 1. The third kappa shape index (κ3) is 3.67. The van der Waals surface area contributed by atoms with E-state index in [9.17, 15) is 4.79 Å². The third-order valence-electron chi connectivity index (χ3n) is 3.53. The second kappa shape index (κ2) is 6.50. The van der Waals surface area contributed by atoms with Crippen LogP contribution in [-0.4, -0.2) is 61.9 Å². The zero-order valence-corrected chi connectivity index (χ0v) is 11.4. The van der Waals surface area contributed by atoms with Crippen LogP contribution >= 0.6 is 0 Å². The Bertz CT molecular complexity index is 279. The third-order valence-corrected chi connectivity index (χ3v) is 3.53. The molecule has 2 fully saturated rings. The second-order valence-corrected chi connectivity index (χ2v) is 5.23. The van der Waals surface area contributed by atoms with Gasteiger partial charge in [0.05, 0.1) is 18.8 Å². The summed E-state index contributed by atoms with van der Waals surface area (Å²) in [4.78, 5) is 13.9. The van der Waals surface area contributed by atoms with E-state index < -0.39 is 0 Å². The first-order valence-corrected chi connectivity index (χ1v) is 6.93. The topological polar surface area (TPSA) is 50.8 Å². The first-order chi connectivity index (χ1) is 8.66. The molecule has 0 bridgehead atoms. The Balaban J connectivity index is 1.70. The number of nitrogens with one attached hydrogen (secondary N) is 1. The first-order valence-electron chi connectivity index (χ1n) is 6.93. The first kappa shape index (κ1) is 13.8. The van der Waals surface area contributed by atoms with Gasteiger partial charge in [-0.1, -0.05) is 0 Å². The minimum atomic E-state index is -0.357. The SMILES string of the molecule is CC1CNCC(COC(C)C(=O)N2CCCC2)O1. The fourth-order valence-corrected chi connectivity index (χ4v) is 2.49. The average Bonchev–Trinajstić information content (AvgIpc) is 2.89. The van der Waals surface area contributed by atoms with Crippen molar-refractivity contribution in [2.24, 2.45) is 0 Å². The molecular weight excluding hydrogens is 232 g/mol. The molecule has 1 N–H and O–H groups in total. The van der Waals surface area contributed by atoms with Crippen molar-refractivity contribution >= 4 is 5.91 Å². The number of carbonyl (C=O) groups is 1. The Morgan fingerprint density at radius 3 is 2.83 bits per heavy atom. The molecule has 1 amide bonds. The van der Waals surface area contributed by atoms with Crippen LogP contribution in [0.4, 0.5) is 0 Å². The van der Waals surface area contributed by atoms with E-state index in [-0.39, 0.29) is 24.2 Å². The van der Waals surface area contributed by atoms with E-state index in [1.54, 1.807) is 0 Å². The van der Waals surface area contributed by atoms with E-state index in [1.165, 1.54) is 0 Å². The number of nitrogens with zero attached hydrogens (tertiary/aromatic N) is 1. The van der Waals surface area contributed by atoms with E-state index in [0.29, 0.717) is 6.61 Å². The number of hydrogen-bond donors (Lipinski definition) is 1. The molecular formula is C13H24N2O3. The largest absolute Gasteiger partial charge is 0.370 e. The number of amides is 1. The summed E-state index contributed by atoms with van der Waals surface area (Å²) < 4.78 is 11.4. The van der Waals surface area contributed by atoms with Gasteiger partial charge in [0.1, 0.15) is 6.10 Å². The van der Waals surface area contributed by atoms with Crippen molar-refractivity contribution in [1.29, 1.82) is 0 Å². The summed E-state index contributed by atoms with van der Waals surface area (Å²) >= 11 is 0.